The molecule has 0 aliphatic rings. The molecule has 0 fully saturated rings. The van der Waals surface area contributed by atoms with E-state index in [1.165, 1.54) is 17.4 Å². The van der Waals surface area contributed by atoms with Gasteiger partial charge in [0, 0.05) is 13.1 Å². The third kappa shape index (κ3) is 2.80. The van der Waals surface area contributed by atoms with Crippen molar-refractivity contribution in [3.05, 3.63) is 18.0 Å². The summed E-state index contributed by atoms with van der Waals surface area (Å²) in [5.41, 5.74) is 0.315. The highest BCUT2D eigenvalue weighted by molar-refractivity contribution is 5.93. The van der Waals surface area contributed by atoms with Crippen LogP contribution in [0.3, 0.4) is 0 Å². The quantitative estimate of drug-likeness (QED) is 0.790. The molecule has 0 bridgehead atoms. The van der Waals surface area contributed by atoms with E-state index < -0.39 is 5.97 Å². The molecule has 6 heteroatoms. The van der Waals surface area contributed by atoms with Crippen molar-refractivity contribution in [3.63, 3.8) is 0 Å². The summed E-state index contributed by atoms with van der Waals surface area (Å²) in [4.78, 5) is 23.5. The van der Waals surface area contributed by atoms with Crippen LogP contribution in [-0.4, -0.2) is 40.1 Å². The van der Waals surface area contributed by atoms with Gasteiger partial charge in [-0.25, -0.2) is 0 Å². The molecule has 1 N–H and O–H groups in total. The molecule has 0 aromatic carbocycles. The molecule has 1 rings (SSSR count). The van der Waals surface area contributed by atoms with Crippen LogP contribution in [0.25, 0.3) is 0 Å². The van der Waals surface area contributed by atoms with E-state index in [0.29, 0.717) is 5.56 Å². The van der Waals surface area contributed by atoms with Crippen molar-refractivity contribution in [2.24, 2.45) is 0 Å². The Morgan fingerprint density at radius 1 is 1.67 bits per heavy atom. The van der Waals surface area contributed by atoms with Gasteiger partial charge >= 0.3 is 5.97 Å². The van der Waals surface area contributed by atoms with E-state index in [1.807, 2.05) is 0 Å². The van der Waals surface area contributed by atoms with Gasteiger partial charge in [0.1, 0.15) is 6.26 Å². The number of hydrogen-bond donors (Lipinski definition) is 1. The zero-order valence-electron chi connectivity index (χ0n) is 8.51. The topological polar surface area (TPSA) is 83.6 Å². The summed E-state index contributed by atoms with van der Waals surface area (Å²) < 4.78 is 4.53. The van der Waals surface area contributed by atoms with Crippen LogP contribution in [0, 0.1) is 0 Å². The molecule has 0 saturated heterocycles. The summed E-state index contributed by atoms with van der Waals surface area (Å²) in [6, 6.07) is -0.370. The van der Waals surface area contributed by atoms with Crippen molar-refractivity contribution >= 4 is 11.9 Å². The van der Waals surface area contributed by atoms with Crippen molar-refractivity contribution < 1.29 is 19.2 Å². The standard InChI is InChI=1S/C9H12N2O4/c1-6(3-8(12)13)11(2)9(14)7-4-10-15-5-7/h4-6H,3H2,1-2H3,(H,12,13). The molecule has 0 radical (unpaired) electrons. The molecule has 1 amide bonds. The summed E-state index contributed by atoms with van der Waals surface area (Å²) in [5.74, 6) is -1.24. The van der Waals surface area contributed by atoms with Crippen LogP contribution >= 0.6 is 0 Å². The Labute approximate surface area is 86.5 Å². The second kappa shape index (κ2) is 4.59. The van der Waals surface area contributed by atoms with Gasteiger partial charge in [0.15, 0.2) is 0 Å². The van der Waals surface area contributed by atoms with Crippen molar-refractivity contribution in [1.82, 2.24) is 10.1 Å². The SMILES string of the molecule is CC(CC(=O)O)N(C)C(=O)c1cnoc1. The van der Waals surface area contributed by atoms with Crippen LogP contribution in [0.15, 0.2) is 17.0 Å². The maximum atomic E-state index is 11.7. The first-order valence-electron chi connectivity index (χ1n) is 4.40. The number of aromatic nitrogens is 1. The van der Waals surface area contributed by atoms with E-state index in [0.717, 1.165) is 0 Å². The molecule has 6 nitrogen and oxygen atoms in total. The minimum Gasteiger partial charge on any atom is -0.481 e. The molecular formula is C9H12N2O4. The number of aliphatic carboxylic acids is 1. The van der Waals surface area contributed by atoms with Gasteiger partial charge < -0.3 is 14.5 Å². The predicted molar refractivity (Wildman–Crippen MR) is 50.3 cm³/mol. The zero-order valence-corrected chi connectivity index (χ0v) is 8.51. The van der Waals surface area contributed by atoms with Crippen LogP contribution in [0.4, 0.5) is 0 Å². The van der Waals surface area contributed by atoms with E-state index in [9.17, 15) is 9.59 Å². The number of hydrogen-bond acceptors (Lipinski definition) is 4. The number of carbonyl (C=O) groups is 2. The van der Waals surface area contributed by atoms with Crippen LogP contribution in [-0.2, 0) is 4.79 Å². The molecular weight excluding hydrogens is 200 g/mol. The molecule has 15 heavy (non-hydrogen) atoms. The highest BCUT2D eigenvalue weighted by Gasteiger charge is 2.20. The number of nitrogens with zero attached hydrogens (tertiary/aromatic N) is 2. The summed E-state index contributed by atoms with van der Waals surface area (Å²) in [6.07, 6.45) is 2.44. The number of carboxylic acids is 1. The lowest BCUT2D eigenvalue weighted by Gasteiger charge is -2.22. The second-order valence-electron chi connectivity index (χ2n) is 3.28. The highest BCUT2D eigenvalue weighted by Crippen LogP contribution is 2.07. The monoisotopic (exact) mass is 212 g/mol. The third-order valence-electron chi connectivity index (χ3n) is 2.13. The molecule has 0 spiro atoms. The average molecular weight is 212 g/mol. The minimum absolute atomic E-state index is 0.0898. The maximum Gasteiger partial charge on any atom is 0.305 e. The van der Waals surface area contributed by atoms with Crippen LogP contribution in [0.5, 0.6) is 0 Å². The maximum absolute atomic E-state index is 11.7. The van der Waals surface area contributed by atoms with E-state index in [2.05, 4.69) is 9.68 Å². The fourth-order valence-corrected chi connectivity index (χ4v) is 1.10. The molecule has 0 saturated carbocycles. The second-order valence-corrected chi connectivity index (χ2v) is 3.28. The van der Waals surface area contributed by atoms with Gasteiger partial charge in [0.2, 0.25) is 0 Å². The Bertz CT molecular complexity index is 347. The van der Waals surface area contributed by atoms with Gasteiger partial charge in [-0.3, -0.25) is 9.59 Å². The summed E-state index contributed by atoms with van der Waals surface area (Å²) in [6.45, 7) is 1.67. The highest BCUT2D eigenvalue weighted by atomic mass is 16.5. The Morgan fingerprint density at radius 3 is 2.80 bits per heavy atom. The first-order chi connectivity index (χ1) is 7.02. The summed E-state index contributed by atoms with van der Waals surface area (Å²) in [5, 5.41) is 12.0. The number of carboxylic acid groups (broad SMARTS) is 1. The lowest BCUT2D eigenvalue weighted by atomic mass is 10.2. The van der Waals surface area contributed by atoms with Gasteiger partial charge in [0.05, 0.1) is 18.2 Å². The Hall–Kier alpha value is -1.85. The normalized spacial score (nSPS) is 12.1. The van der Waals surface area contributed by atoms with E-state index in [4.69, 9.17) is 5.11 Å². The Morgan fingerprint density at radius 2 is 2.33 bits per heavy atom. The van der Waals surface area contributed by atoms with Crippen LogP contribution < -0.4 is 0 Å². The van der Waals surface area contributed by atoms with Crippen molar-refractivity contribution in [2.45, 2.75) is 19.4 Å². The summed E-state index contributed by atoms with van der Waals surface area (Å²) in [7, 11) is 1.54. The van der Waals surface area contributed by atoms with Crippen LogP contribution in [0.1, 0.15) is 23.7 Å². The van der Waals surface area contributed by atoms with Crippen molar-refractivity contribution in [1.29, 1.82) is 0 Å². The first kappa shape index (κ1) is 11.2. The fourth-order valence-electron chi connectivity index (χ4n) is 1.10. The molecule has 0 aliphatic heterocycles. The molecule has 1 atom stereocenters. The molecule has 1 aromatic heterocycles. The van der Waals surface area contributed by atoms with Gasteiger partial charge in [-0.15, -0.1) is 0 Å². The largest absolute Gasteiger partial charge is 0.481 e. The lowest BCUT2D eigenvalue weighted by molar-refractivity contribution is -0.137. The molecule has 82 valence electrons. The number of carbonyl (C=O) groups excluding carboxylic acids is 1. The zero-order chi connectivity index (χ0) is 11.4. The molecule has 1 unspecified atom stereocenters. The molecule has 1 heterocycles. The predicted octanol–water partition coefficient (Wildman–Crippen LogP) is 0.610. The minimum atomic E-state index is -0.938. The Kier molecular flexibility index (Phi) is 3.43. The van der Waals surface area contributed by atoms with Gasteiger partial charge in [-0.2, -0.15) is 0 Å². The van der Waals surface area contributed by atoms with E-state index >= 15 is 0 Å². The molecule has 1 aromatic rings. The fraction of sp³-hybridized carbons (Fsp3) is 0.444. The summed E-state index contributed by atoms with van der Waals surface area (Å²) >= 11 is 0. The van der Waals surface area contributed by atoms with Crippen molar-refractivity contribution in [2.75, 3.05) is 7.05 Å². The van der Waals surface area contributed by atoms with Crippen LogP contribution in [0.2, 0.25) is 0 Å². The Balaban J connectivity index is 2.64. The van der Waals surface area contributed by atoms with Crippen molar-refractivity contribution in [3.8, 4) is 0 Å². The average Bonchev–Trinajstić information content (AvgIpc) is 2.67. The number of rotatable bonds is 4. The molecule has 0 aliphatic carbocycles. The number of amides is 1. The first-order valence-corrected chi connectivity index (χ1v) is 4.40. The lowest BCUT2D eigenvalue weighted by Crippen LogP contribution is -2.36. The van der Waals surface area contributed by atoms with Gasteiger partial charge in [0.25, 0.3) is 5.91 Å². The van der Waals surface area contributed by atoms with Gasteiger partial charge in [-0.05, 0) is 6.92 Å². The van der Waals surface area contributed by atoms with E-state index in [1.54, 1.807) is 14.0 Å². The van der Waals surface area contributed by atoms with Gasteiger partial charge in [-0.1, -0.05) is 5.16 Å². The smallest absolute Gasteiger partial charge is 0.305 e. The third-order valence-corrected chi connectivity index (χ3v) is 2.13. The van der Waals surface area contributed by atoms with E-state index in [-0.39, 0.29) is 18.4 Å².